The van der Waals surface area contributed by atoms with Gasteiger partial charge in [0.15, 0.2) is 11.5 Å². The molecule has 2 amide bonds. The average Bonchev–Trinajstić information content (AvgIpc) is 2.88. The first kappa shape index (κ1) is 27.5. The van der Waals surface area contributed by atoms with E-state index in [4.69, 9.17) is 20.9 Å². The second kappa shape index (κ2) is 11.5. The summed E-state index contributed by atoms with van der Waals surface area (Å²) < 4.78 is 11.4. The average molecular weight is 534 g/mol. The van der Waals surface area contributed by atoms with Gasteiger partial charge in [-0.3, -0.25) is 4.79 Å². The lowest BCUT2D eigenvalue weighted by Gasteiger charge is -2.36. The Balaban J connectivity index is 1.48. The third-order valence-corrected chi connectivity index (χ3v) is 6.00. The number of benzene rings is 2. The van der Waals surface area contributed by atoms with Gasteiger partial charge in [-0.25, -0.2) is 9.78 Å². The molecule has 2 aromatic carbocycles. The summed E-state index contributed by atoms with van der Waals surface area (Å²) in [7, 11) is 0. The maximum atomic E-state index is 12.4. The quantitative estimate of drug-likeness (QED) is 0.378. The molecule has 1 aromatic heterocycles. The van der Waals surface area contributed by atoms with Gasteiger partial charge in [-0.2, -0.15) is 4.98 Å². The Kier molecular flexibility index (Phi) is 8.08. The number of carbonyl (C=O) groups excluding carboxylic acids is 2. The van der Waals surface area contributed by atoms with Gasteiger partial charge in [0.25, 0.3) is 5.91 Å². The number of anilines is 4. The first-order valence-corrected chi connectivity index (χ1v) is 12.9. The van der Waals surface area contributed by atoms with Crippen LogP contribution in [0.1, 0.15) is 43.9 Å². The molecule has 1 aliphatic heterocycles. The fraction of sp³-hybridized carbons (Fsp3) is 0.357. The van der Waals surface area contributed by atoms with Crippen LogP contribution in [0, 0.1) is 0 Å². The number of nitrogens with one attached hydrogen (secondary N) is 1. The molecule has 0 spiro atoms. The molecule has 0 atom stereocenters. The van der Waals surface area contributed by atoms with Gasteiger partial charge in [0.05, 0.1) is 0 Å². The number of hydrogen-bond acceptors (Lipinski definition) is 9. The monoisotopic (exact) mass is 533 g/mol. The largest absolute Gasteiger partial charge is 0.444 e. The second-order valence-corrected chi connectivity index (χ2v) is 10.2. The molecule has 206 valence electrons. The van der Waals surface area contributed by atoms with Gasteiger partial charge in [0.2, 0.25) is 5.88 Å². The van der Waals surface area contributed by atoms with E-state index in [1.165, 1.54) is 0 Å². The number of carbonyl (C=O) groups is 2. The van der Waals surface area contributed by atoms with Crippen molar-refractivity contribution in [3.05, 3.63) is 59.9 Å². The normalized spacial score (nSPS) is 13.6. The number of nitrogen functional groups attached to an aromatic ring is 1. The van der Waals surface area contributed by atoms with Crippen molar-refractivity contribution in [2.45, 2.75) is 39.7 Å². The van der Waals surface area contributed by atoms with Crippen molar-refractivity contribution in [1.82, 2.24) is 14.9 Å². The minimum absolute atomic E-state index is 0.0223. The summed E-state index contributed by atoms with van der Waals surface area (Å²) in [6.45, 7) is 10.00. The zero-order valence-electron chi connectivity index (χ0n) is 22.7. The van der Waals surface area contributed by atoms with Gasteiger partial charge in [0.1, 0.15) is 17.0 Å². The highest BCUT2D eigenvalue weighted by atomic mass is 16.6. The van der Waals surface area contributed by atoms with Crippen LogP contribution >= 0.6 is 0 Å². The molecule has 4 rings (SSSR count). The van der Waals surface area contributed by atoms with Crippen LogP contribution in [0.25, 0.3) is 0 Å². The van der Waals surface area contributed by atoms with E-state index in [-0.39, 0.29) is 23.5 Å². The van der Waals surface area contributed by atoms with E-state index < -0.39 is 11.5 Å². The molecule has 0 saturated carbocycles. The Bertz CT molecular complexity index is 1330. The van der Waals surface area contributed by atoms with Gasteiger partial charge in [-0.15, -0.1) is 0 Å². The number of nitrogens with two attached hydrogens (primary N) is 2. The summed E-state index contributed by atoms with van der Waals surface area (Å²) in [4.78, 5) is 37.4. The number of primary amides is 1. The summed E-state index contributed by atoms with van der Waals surface area (Å²) in [6.07, 6.45) is 0.197. The number of ether oxygens (including phenoxy) is 2. The van der Waals surface area contributed by atoms with E-state index in [9.17, 15) is 9.59 Å². The van der Waals surface area contributed by atoms with Crippen LogP contribution in [0.4, 0.5) is 27.7 Å². The van der Waals surface area contributed by atoms with Crippen LogP contribution in [0.15, 0.2) is 48.5 Å². The molecule has 39 heavy (non-hydrogen) atoms. The van der Waals surface area contributed by atoms with Gasteiger partial charge in [-0.1, -0.05) is 13.0 Å². The highest BCUT2D eigenvalue weighted by molar-refractivity contribution is 5.96. The van der Waals surface area contributed by atoms with Crippen LogP contribution in [-0.4, -0.2) is 58.6 Å². The summed E-state index contributed by atoms with van der Waals surface area (Å²) in [6, 6.07) is 14.7. The van der Waals surface area contributed by atoms with Crippen molar-refractivity contribution >= 4 is 34.9 Å². The molecular formula is C28H35N7O4. The molecule has 0 radical (unpaired) electrons. The number of aryl methyl sites for hydroxylation is 1. The summed E-state index contributed by atoms with van der Waals surface area (Å²) in [5.41, 5.74) is 13.8. The third kappa shape index (κ3) is 7.07. The number of aromatic nitrogens is 2. The van der Waals surface area contributed by atoms with Crippen LogP contribution in [-0.2, 0) is 11.2 Å². The predicted octanol–water partition coefficient (Wildman–Crippen LogP) is 4.31. The number of amides is 2. The Hall–Kier alpha value is -4.54. The van der Waals surface area contributed by atoms with Crippen molar-refractivity contribution in [2.75, 3.05) is 42.1 Å². The fourth-order valence-electron chi connectivity index (χ4n) is 4.08. The maximum Gasteiger partial charge on any atom is 0.410 e. The predicted molar refractivity (Wildman–Crippen MR) is 151 cm³/mol. The van der Waals surface area contributed by atoms with Crippen molar-refractivity contribution in [3.63, 3.8) is 0 Å². The lowest BCUT2D eigenvalue weighted by atomic mass is 10.2. The summed E-state index contributed by atoms with van der Waals surface area (Å²) in [5.74, 6) is 0.259. The molecule has 5 N–H and O–H groups in total. The number of rotatable bonds is 7. The molecule has 3 aromatic rings. The minimum atomic E-state index is -0.699. The fourth-order valence-corrected chi connectivity index (χ4v) is 4.08. The zero-order chi connectivity index (χ0) is 28.2. The van der Waals surface area contributed by atoms with Crippen LogP contribution < -0.4 is 26.4 Å². The maximum absolute atomic E-state index is 12.4. The summed E-state index contributed by atoms with van der Waals surface area (Å²) >= 11 is 0. The molecule has 11 nitrogen and oxygen atoms in total. The van der Waals surface area contributed by atoms with E-state index in [0.717, 1.165) is 5.69 Å². The topological polar surface area (TPSA) is 149 Å². The Morgan fingerprint density at radius 2 is 1.72 bits per heavy atom. The smallest absolute Gasteiger partial charge is 0.410 e. The first-order chi connectivity index (χ1) is 18.5. The van der Waals surface area contributed by atoms with Gasteiger partial charge in [-0.05, 0) is 63.6 Å². The zero-order valence-corrected chi connectivity index (χ0v) is 22.7. The molecule has 1 fully saturated rings. The molecular weight excluding hydrogens is 498 g/mol. The van der Waals surface area contributed by atoms with Crippen LogP contribution in [0.5, 0.6) is 11.6 Å². The van der Waals surface area contributed by atoms with E-state index in [1.54, 1.807) is 29.2 Å². The first-order valence-electron chi connectivity index (χ1n) is 12.9. The van der Waals surface area contributed by atoms with Crippen molar-refractivity contribution in [1.29, 1.82) is 0 Å². The molecule has 0 unspecified atom stereocenters. The number of hydrogen-bond donors (Lipinski definition) is 3. The van der Waals surface area contributed by atoms with Crippen LogP contribution in [0.3, 0.4) is 0 Å². The molecule has 2 heterocycles. The Morgan fingerprint density at radius 1 is 1.03 bits per heavy atom. The van der Waals surface area contributed by atoms with E-state index in [2.05, 4.69) is 20.2 Å². The van der Waals surface area contributed by atoms with Gasteiger partial charge in [0, 0.05) is 49.3 Å². The Morgan fingerprint density at radius 3 is 2.31 bits per heavy atom. The third-order valence-electron chi connectivity index (χ3n) is 6.00. The lowest BCUT2D eigenvalue weighted by Crippen LogP contribution is -2.50. The number of piperazine rings is 1. The highest BCUT2D eigenvalue weighted by Crippen LogP contribution is 2.29. The SMILES string of the molecule is CCc1nc(C(N)=O)c(Nc2ccc(N3CCN(C(=O)OC(C)(C)C)CC3)cc2)nc1Oc1cccc(N)c1. The molecule has 11 heteroatoms. The van der Waals surface area contributed by atoms with E-state index >= 15 is 0 Å². The highest BCUT2D eigenvalue weighted by Gasteiger charge is 2.26. The molecule has 0 aliphatic carbocycles. The summed E-state index contributed by atoms with van der Waals surface area (Å²) in [5, 5.41) is 3.15. The van der Waals surface area contributed by atoms with Crippen LogP contribution in [0.2, 0.25) is 0 Å². The van der Waals surface area contributed by atoms with E-state index in [1.807, 2.05) is 52.0 Å². The lowest BCUT2D eigenvalue weighted by molar-refractivity contribution is 0.0240. The van der Waals surface area contributed by atoms with Crippen molar-refractivity contribution in [3.8, 4) is 11.6 Å². The standard InChI is InChI=1S/C28H35N7O4/c1-5-22-26(38-21-8-6-7-18(29)17-21)33-25(23(32-22)24(30)36)31-19-9-11-20(12-10-19)34-13-15-35(16-14-34)27(37)39-28(2,3)4/h6-12,17H,5,13-16,29H2,1-4H3,(H2,30,36)(H,31,33). The van der Waals surface area contributed by atoms with Crippen molar-refractivity contribution < 1.29 is 19.1 Å². The molecule has 1 saturated heterocycles. The van der Waals surface area contributed by atoms with E-state index in [0.29, 0.717) is 55.4 Å². The second-order valence-electron chi connectivity index (χ2n) is 10.2. The Labute approximate surface area is 228 Å². The van der Waals surface area contributed by atoms with Gasteiger partial charge >= 0.3 is 6.09 Å². The molecule has 1 aliphatic rings. The molecule has 0 bridgehead atoms. The van der Waals surface area contributed by atoms with Crippen molar-refractivity contribution in [2.24, 2.45) is 5.73 Å². The number of nitrogens with zero attached hydrogens (tertiary/aromatic N) is 4. The minimum Gasteiger partial charge on any atom is -0.444 e. The van der Waals surface area contributed by atoms with Gasteiger partial charge < -0.3 is 36.1 Å².